The molecular weight excluding hydrogens is 211 g/mol. The van der Waals surface area contributed by atoms with E-state index in [-0.39, 0.29) is 12.1 Å². The fourth-order valence-corrected chi connectivity index (χ4v) is 1.58. The van der Waals surface area contributed by atoms with E-state index >= 15 is 0 Å². The molecule has 1 aliphatic rings. The van der Waals surface area contributed by atoms with Crippen LogP contribution < -0.4 is 5.32 Å². The highest BCUT2D eigenvalue weighted by Crippen LogP contribution is 2.20. The van der Waals surface area contributed by atoms with Crippen molar-refractivity contribution in [1.82, 2.24) is 5.32 Å². The highest BCUT2D eigenvalue weighted by molar-refractivity contribution is 5.76. The van der Waals surface area contributed by atoms with Crippen LogP contribution in [0.15, 0.2) is 0 Å². The molecular formula is C9H14F3NO2. The number of carbonyl (C=O) groups excluding carboxylic acids is 1. The fraction of sp³-hybridized carbons (Fsp3) is 0.889. The Labute approximate surface area is 86.0 Å². The molecule has 1 aliphatic heterocycles. The van der Waals surface area contributed by atoms with Crippen molar-refractivity contribution in [3.8, 4) is 0 Å². The first kappa shape index (κ1) is 12.3. The molecule has 1 N–H and O–H groups in total. The molecule has 0 aliphatic carbocycles. The quantitative estimate of drug-likeness (QED) is 0.792. The van der Waals surface area contributed by atoms with Gasteiger partial charge >= 0.3 is 6.18 Å². The van der Waals surface area contributed by atoms with Crippen LogP contribution in [0, 0.1) is 0 Å². The second kappa shape index (κ2) is 4.83. The monoisotopic (exact) mass is 225 g/mol. The lowest BCUT2D eigenvalue weighted by Gasteiger charge is -2.20. The lowest BCUT2D eigenvalue weighted by molar-refractivity contribution is -0.154. The number of carbonyl (C=O) groups is 1. The van der Waals surface area contributed by atoms with Crippen molar-refractivity contribution >= 4 is 5.91 Å². The van der Waals surface area contributed by atoms with Crippen LogP contribution in [0.3, 0.4) is 0 Å². The molecule has 0 bridgehead atoms. The first-order chi connectivity index (χ1) is 6.88. The van der Waals surface area contributed by atoms with E-state index in [9.17, 15) is 18.0 Å². The van der Waals surface area contributed by atoms with Crippen molar-refractivity contribution in [1.29, 1.82) is 0 Å². The molecule has 0 aromatic rings. The minimum atomic E-state index is -4.44. The van der Waals surface area contributed by atoms with Gasteiger partial charge in [-0.3, -0.25) is 4.79 Å². The summed E-state index contributed by atoms with van der Waals surface area (Å²) in [5, 5.41) is 2.29. The van der Waals surface area contributed by atoms with E-state index in [0.717, 1.165) is 12.8 Å². The summed E-state index contributed by atoms with van der Waals surface area (Å²) in [4.78, 5) is 10.9. The van der Waals surface area contributed by atoms with Crippen LogP contribution in [0.5, 0.6) is 0 Å². The smallest absolute Gasteiger partial charge is 0.376 e. The molecule has 0 aromatic carbocycles. The van der Waals surface area contributed by atoms with Crippen LogP contribution in [0.4, 0.5) is 13.2 Å². The number of amides is 1. The lowest BCUT2D eigenvalue weighted by atomic mass is 10.1. The van der Waals surface area contributed by atoms with Crippen LogP contribution in [0.1, 0.15) is 26.2 Å². The van der Waals surface area contributed by atoms with Gasteiger partial charge in [-0.05, 0) is 19.8 Å². The van der Waals surface area contributed by atoms with Crippen molar-refractivity contribution in [3.05, 3.63) is 0 Å². The van der Waals surface area contributed by atoms with E-state index in [1.165, 1.54) is 0 Å². The molecule has 1 heterocycles. The Morgan fingerprint density at radius 3 is 2.73 bits per heavy atom. The number of ether oxygens (including phenoxy) is 1. The Kier molecular flexibility index (Phi) is 3.96. The van der Waals surface area contributed by atoms with E-state index in [0.29, 0.717) is 6.61 Å². The Morgan fingerprint density at radius 2 is 2.27 bits per heavy atom. The molecule has 0 unspecified atom stereocenters. The fourth-order valence-electron chi connectivity index (χ4n) is 1.58. The summed E-state index contributed by atoms with van der Waals surface area (Å²) in [5.74, 6) is -0.995. The Morgan fingerprint density at radius 1 is 1.60 bits per heavy atom. The third-order valence-electron chi connectivity index (χ3n) is 2.27. The average molecular weight is 225 g/mol. The molecule has 1 saturated heterocycles. The first-order valence-electron chi connectivity index (χ1n) is 4.86. The van der Waals surface area contributed by atoms with Crippen LogP contribution in [-0.2, 0) is 9.53 Å². The maximum atomic E-state index is 11.8. The van der Waals surface area contributed by atoms with Gasteiger partial charge in [0.25, 0.3) is 0 Å². The van der Waals surface area contributed by atoms with E-state index in [2.05, 4.69) is 5.32 Å². The minimum absolute atomic E-state index is 0.151. The summed E-state index contributed by atoms with van der Waals surface area (Å²) in [7, 11) is 0. The van der Waals surface area contributed by atoms with Gasteiger partial charge in [0.1, 0.15) is 6.42 Å². The third-order valence-corrected chi connectivity index (χ3v) is 2.27. The van der Waals surface area contributed by atoms with Gasteiger partial charge in [0.15, 0.2) is 0 Å². The van der Waals surface area contributed by atoms with Gasteiger partial charge in [0.05, 0.1) is 12.1 Å². The molecule has 1 fully saturated rings. The van der Waals surface area contributed by atoms with Gasteiger partial charge in [-0.2, -0.15) is 13.2 Å². The van der Waals surface area contributed by atoms with Gasteiger partial charge in [-0.25, -0.2) is 0 Å². The van der Waals surface area contributed by atoms with Crippen molar-refractivity contribution in [2.75, 3.05) is 6.61 Å². The molecule has 2 atom stereocenters. The van der Waals surface area contributed by atoms with Gasteiger partial charge in [-0.1, -0.05) is 0 Å². The summed E-state index contributed by atoms with van der Waals surface area (Å²) in [6, 6.07) is -0.359. The topological polar surface area (TPSA) is 38.3 Å². The van der Waals surface area contributed by atoms with Gasteiger partial charge in [-0.15, -0.1) is 0 Å². The predicted octanol–water partition coefficient (Wildman–Crippen LogP) is 1.62. The van der Waals surface area contributed by atoms with Crippen LogP contribution >= 0.6 is 0 Å². The highest BCUT2D eigenvalue weighted by atomic mass is 19.4. The van der Waals surface area contributed by atoms with Crippen LogP contribution in [0.25, 0.3) is 0 Å². The van der Waals surface area contributed by atoms with E-state index in [4.69, 9.17) is 4.74 Å². The zero-order chi connectivity index (χ0) is 11.5. The molecule has 1 amide bonds. The van der Waals surface area contributed by atoms with Crippen molar-refractivity contribution in [2.45, 2.75) is 44.5 Å². The molecule has 1 rings (SSSR count). The van der Waals surface area contributed by atoms with Gasteiger partial charge in [0, 0.05) is 6.61 Å². The predicted molar refractivity (Wildman–Crippen MR) is 47.3 cm³/mol. The zero-order valence-corrected chi connectivity index (χ0v) is 8.43. The SMILES string of the molecule is C[C@@H](NC(=O)CC(F)(F)F)[C@H]1CCCO1. The summed E-state index contributed by atoms with van der Waals surface area (Å²) in [6.45, 7) is 2.27. The largest absolute Gasteiger partial charge is 0.397 e. The Hall–Kier alpha value is -0.780. The molecule has 0 aromatic heterocycles. The van der Waals surface area contributed by atoms with Crippen molar-refractivity contribution < 1.29 is 22.7 Å². The summed E-state index contributed by atoms with van der Waals surface area (Å²) >= 11 is 0. The molecule has 0 spiro atoms. The highest BCUT2D eigenvalue weighted by Gasteiger charge is 2.32. The van der Waals surface area contributed by atoms with Crippen molar-refractivity contribution in [3.63, 3.8) is 0 Å². The van der Waals surface area contributed by atoms with Crippen molar-refractivity contribution in [2.24, 2.45) is 0 Å². The number of alkyl halides is 3. The number of rotatable bonds is 3. The van der Waals surface area contributed by atoms with E-state index in [1.807, 2.05) is 0 Å². The van der Waals surface area contributed by atoms with Crippen LogP contribution in [0.2, 0.25) is 0 Å². The molecule has 0 radical (unpaired) electrons. The summed E-state index contributed by atoms with van der Waals surface area (Å²) in [5.41, 5.74) is 0. The summed E-state index contributed by atoms with van der Waals surface area (Å²) in [6.07, 6.45) is -4.34. The van der Waals surface area contributed by atoms with Gasteiger partial charge in [0.2, 0.25) is 5.91 Å². The third kappa shape index (κ3) is 4.51. The van der Waals surface area contributed by atoms with Crippen LogP contribution in [-0.4, -0.2) is 30.8 Å². The normalized spacial score (nSPS) is 23.9. The maximum Gasteiger partial charge on any atom is 0.397 e. The maximum absolute atomic E-state index is 11.8. The zero-order valence-electron chi connectivity index (χ0n) is 8.43. The minimum Gasteiger partial charge on any atom is -0.376 e. The standard InChI is InChI=1S/C9H14F3NO2/c1-6(7-3-2-4-15-7)13-8(14)5-9(10,11)12/h6-7H,2-5H2,1H3,(H,13,14)/t6-,7-/m1/s1. The summed E-state index contributed by atoms with van der Waals surface area (Å²) < 4.78 is 40.8. The average Bonchev–Trinajstić information content (AvgIpc) is 2.50. The molecule has 3 nitrogen and oxygen atoms in total. The lowest BCUT2D eigenvalue weighted by Crippen LogP contribution is -2.42. The second-order valence-corrected chi connectivity index (χ2v) is 3.70. The molecule has 88 valence electrons. The van der Waals surface area contributed by atoms with E-state index in [1.54, 1.807) is 6.92 Å². The number of hydrogen-bond acceptors (Lipinski definition) is 2. The Balaban J connectivity index is 2.30. The number of hydrogen-bond donors (Lipinski definition) is 1. The number of halogens is 3. The second-order valence-electron chi connectivity index (χ2n) is 3.70. The Bertz CT molecular complexity index is 224. The first-order valence-corrected chi connectivity index (χ1v) is 4.86. The van der Waals surface area contributed by atoms with Gasteiger partial charge < -0.3 is 10.1 Å². The molecule has 6 heteroatoms. The number of nitrogens with one attached hydrogen (secondary N) is 1. The molecule has 15 heavy (non-hydrogen) atoms. The van der Waals surface area contributed by atoms with E-state index < -0.39 is 18.5 Å². The molecule has 0 saturated carbocycles.